The highest BCUT2D eigenvalue weighted by molar-refractivity contribution is 7.85. The van der Waals surface area contributed by atoms with Crippen molar-refractivity contribution in [3.8, 4) is 5.75 Å². The van der Waals surface area contributed by atoms with E-state index in [9.17, 15) is 18.5 Å². The summed E-state index contributed by atoms with van der Waals surface area (Å²) in [4.78, 5) is 16.9. The molecule has 1 atom stereocenters. The number of carbonyl (C=O) groups excluding carboxylic acids is 1. The lowest BCUT2D eigenvalue weighted by molar-refractivity contribution is 0.0954. The van der Waals surface area contributed by atoms with Crippen molar-refractivity contribution < 1.29 is 18.5 Å². The van der Waals surface area contributed by atoms with Gasteiger partial charge in [0.05, 0.1) is 17.1 Å². The third-order valence-electron chi connectivity index (χ3n) is 4.20. The van der Waals surface area contributed by atoms with Gasteiger partial charge >= 0.3 is 0 Å². The summed E-state index contributed by atoms with van der Waals surface area (Å²) in [6, 6.07) is 3.53. The van der Waals surface area contributed by atoms with Crippen molar-refractivity contribution in [1.29, 1.82) is 0 Å². The summed E-state index contributed by atoms with van der Waals surface area (Å²) in [7, 11) is 0.403. The molecule has 1 amide bonds. The minimum atomic E-state index is -1.29. The van der Waals surface area contributed by atoms with Crippen molar-refractivity contribution >= 4 is 33.5 Å². The van der Waals surface area contributed by atoms with Gasteiger partial charge in [-0.25, -0.2) is 8.60 Å². The van der Waals surface area contributed by atoms with Gasteiger partial charge in [0, 0.05) is 31.4 Å². The summed E-state index contributed by atoms with van der Waals surface area (Å²) in [6.45, 7) is 10.1. The molecule has 2 rings (SSSR count). The molecule has 0 aliphatic heterocycles. The molecule has 2 N–H and O–H groups in total. The van der Waals surface area contributed by atoms with Gasteiger partial charge in [-0.15, -0.1) is 0 Å². The minimum absolute atomic E-state index is 0.155. The van der Waals surface area contributed by atoms with Gasteiger partial charge in [-0.2, -0.15) is 0 Å². The van der Waals surface area contributed by atoms with E-state index in [1.54, 1.807) is 42.9 Å². The number of hydrogen-bond donors (Lipinski definition) is 2. The molecular formula is C21H28FN3O3S. The Hall–Kier alpha value is -2.74. The number of amides is 1. The minimum Gasteiger partial charge on any atom is -0.505 e. The average molecular weight is 422 g/mol. The van der Waals surface area contributed by atoms with Crippen molar-refractivity contribution in [1.82, 2.24) is 10.3 Å². The number of pyridine rings is 1. The smallest absolute Gasteiger partial charge is 0.255 e. The number of phenolic OH excluding ortho intramolecular Hbond substituents is 1. The van der Waals surface area contributed by atoms with Gasteiger partial charge in [0.25, 0.3) is 5.91 Å². The van der Waals surface area contributed by atoms with Crippen LogP contribution in [0.25, 0.3) is 10.9 Å². The van der Waals surface area contributed by atoms with E-state index in [1.165, 1.54) is 6.92 Å². The van der Waals surface area contributed by atoms with Crippen LogP contribution in [0.5, 0.6) is 5.75 Å². The molecule has 0 aliphatic rings. The Morgan fingerprint density at radius 3 is 2.55 bits per heavy atom. The molecular weight excluding hydrogens is 393 g/mol. The quantitative estimate of drug-likeness (QED) is 0.710. The fraction of sp³-hybridized carbons (Fsp3) is 0.333. The van der Waals surface area contributed by atoms with E-state index in [0.29, 0.717) is 28.7 Å². The molecule has 2 aromatic rings. The molecule has 0 saturated heterocycles. The highest BCUT2D eigenvalue weighted by Crippen LogP contribution is 2.39. The van der Waals surface area contributed by atoms with E-state index < -0.39 is 11.0 Å². The number of fused-ring (bicyclic) bond motifs is 1. The number of aromatic nitrogens is 1. The van der Waals surface area contributed by atoms with Crippen LogP contribution in [-0.4, -0.2) is 40.1 Å². The maximum absolute atomic E-state index is 12.7. The SMILES string of the molecule is C/C=C(\C)CNC(=O)c1c(C)c(N(C)S(C)=O)c2cccnc2c1O.C=C(C)F. The molecule has 0 radical (unpaired) electrons. The molecule has 29 heavy (non-hydrogen) atoms. The number of hydrogen-bond acceptors (Lipinski definition) is 4. The summed E-state index contributed by atoms with van der Waals surface area (Å²) in [5.41, 5.74) is 2.66. The van der Waals surface area contributed by atoms with Crippen molar-refractivity contribution in [3.05, 3.63) is 53.5 Å². The highest BCUT2D eigenvalue weighted by atomic mass is 32.2. The molecule has 1 unspecified atom stereocenters. The molecule has 6 nitrogen and oxygen atoms in total. The molecule has 0 bridgehead atoms. The number of aromatic hydroxyl groups is 1. The molecule has 0 spiro atoms. The third-order valence-corrected chi connectivity index (χ3v) is 5.16. The van der Waals surface area contributed by atoms with Crippen molar-refractivity contribution in [3.63, 3.8) is 0 Å². The van der Waals surface area contributed by atoms with E-state index in [0.717, 1.165) is 5.57 Å². The summed E-state index contributed by atoms with van der Waals surface area (Å²) < 4.78 is 24.4. The zero-order valence-corrected chi connectivity index (χ0v) is 18.5. The number of anilines is 1. The van der Waals surface area contributed by atoms with Crippen LogP contribution in [0.1, 0.15) is 36.7 Å². The lowest BCUT2D eigenvalue weighted by Crippen LogP contribution is -2.27. The zero-order chi connectivity index (χ0) is 22.3. The Morgan fingerprint density at radius 2 is 2.03 bits per heavy atom. The maximum atomic E-state index is 12.7. The van der Waals surface area contributed by atoms with Gasteiger partial charge in [-0.1, -0.05) is 18.2 Å². The summed E-state index contributed by atoms with van der Waals surface area (Å²) in [5, 5.41) is 14.1. The number of carbonyl (C=O) groups is 1. The first-order valence-electron chi connectivity index (χ1n) is 8.91. The molecule has 158 valence electrons. The van der Waals surface area contributed by atoms with E-state index in [1.807, 2.05) is 19.9 Å². The number of phenols is 1. The largest absolute Gasteiger partial charge is 0.505 e. The van der Waals surface area contributed by atoms with Gasteiger partial charge in [-0.05, 0) is 45.4 Å². The van der Waals surface area contributed by atoms with E-state index in [-0.39, 0.29) is 23.0 Å². The van der Waals surface area contributed by atoms with Crippen molar-refractivity contribution in [2.75, 3.05) is 24.2 Å². The normalized spacial score (nSPS) is 12.0. The predicted molar refractivity (Wildman–Crippen MR) is 118 cm³/mol. The lowest BCUT2D eigenvalue weighted by atomic mass is 9.99. The molecule has 8 heteroatoms. The number of allylic oxidation sites excluding steroid dienone is 2. The van der Waals surface area contributed by atoms with Crippen molar-refractivity contribution in [2.24, 2.45) is 0 Å². The monoisotopic (exact) mass is 421 g/mol. The molecule has 1 aromatic heterocycles. The van der Waals surface area contributed by atoms with Gasteiger partial charge < -0.3 is 10.4 Å². The fourth-order valence-electron chi connectivity index (χ4n) is 2.62. The van der Waals surface area contributed by atoms with Crippen LogP contribution >= 0.6 is 0 Å². The molecule has 1 aromatic carbocycles. The van der Waals surface area contributed by atoms with Crippen LogP contribution in [0.2, 0.25) is 0 Å². The van der Waals surface area contributed by atoms with E-state index in [2.05, 4.69) is 16.9 Å². The first-order valence-corrected chi connectivity index (χ1v) is 10.4. The first-order chi connectivity index (χ1) is 13.5. The highest BCUT2D eigenvalue weighted by Gasteiger charge is 2.24. The summed E-state index contributed by atoms with van der Waals surface area (Å²) >= 11 is 0. The number of halogens is 1. The standard InChI is InChI=1S/C18H23N3O3S.C3H5F/c1-6-11(2)10-20-18(23)14-12(3)16(21(4)25(5)24)13-8-7-9-19-15(13)17(14)22;1-3(2)4/h6-9,22H,10H2,1-5H3,(H,20,23);1H2,2H3/b11-6+;. The molecule has 0 fully saturated rings. The summed E-state index contributed by atoms with van der Waals surface area (Å²) in [5.74, 6) is -0.886. The second kappa shape index (κ2) is 10.7. The lowest BCUT2D eigenvalue weighted by Gasteiger charge is -2.23. The van der Waals surface area contributed by atoms with Crippen LogP contribution < -0.4 is 9.62 Å². The number of rotatable bonds is 5. The number of nitrogens with one attached hydrogen (secondary N) is 1. The number of nitrogens with zero attached hydrogens (tertiary/aromatic N) is 2. The zero-order valence-electron chi connectivity index (χ0n) is 17.7. The van der Waals surface area contributed by atoms with Crippen LogP contribution in [0.3, 0.4) is 0 Å². The van der Waals surface area contributed by atoms with Crippen molar-refractivity contribution in [2.45, 2.75) is 27.7 Å². The Bertz CT molecular complexity index is 969. The van der Waals surface area contributed by atoms with Crippen LogP contribution in [-0.2, 0) is 11.0 Å². The third kappa shape index (κ3) is 6.12. The topological polar surface area (TPSA) is 82.5 Å². The molecule has 0 saturated carbocycles. The van der Waals surface area contributed by atoms with Crippen LogP contribution in [0.15, 0.2) is 42.4 Å². The molecule has 1 heterocycles. The second-order valence-corrected chi connectivity index (χ2v) is 7.91. The maximum Gasteiger partial charge on any atom is 0.255 e. The van der Waals surface area contributed by atoms with Crippen LogP contribution in [0.4, 0.5) is 10.1 Å². The Labute approximate surface area is 173 Å². The first kappa shape index (κ1) is 24.3. The van der Waals surface area contributed by atoms with Gasteiger partial charge in [-0.3, -0.25) is 14.1 Å². The second-order valence-electron chi connectivity index (χ2n) is 6.51. The van der Waals surface area contributed by atoms with Gasteiger partial charge in [0.1, 0.15) is 16.5 Å². The van der Waals surface area contributed by atoms with Gasteiger partial charge in [0.2, 0.25) is 0 Å². The summed E-state index contributed by atoms with van der Waals surface area (Å²) in [6.07, 6.45) is 5.02. The predicted octanol–water partition coefficient (Wildman–Crippen LogP) is 4.16. The fourth-order valence-corrected chi connectivity index (χ4v) is 3.12. The van der Waals surface area contributed by atoms with E-state index >= 15 is 0 Å². The average Bonchev–Trinajstić information content (AvgIpc) is 2.65. The van der Waals surface area contributed by atoms with Crippen LogP contribution in [0, 0.1) is 6.92 Å². The Morgan fingerprint density at radius 1 is 1.45 bits per heavy atom. The number of benzene rings is 1. The van der Waals surface area contributed by atoms with E-state index in [4.69, 9.17) is 0 Å². The Kier molecular flexibility index (Phi) is 8.97. The van der Waals surface area contributed by atoms with Gasteiger partial charge in [0.15, 0.2) is 5.75 Å². The Balaban J connectivity index is 0.000000960. The molecule has 0 aliphatic carbocycles.